The number of urea groups is 1. The first-order valence-corrected chi connectivity index (χ1v) is 8.93. The lowest BCUT2D eigenvalue weighted by atomic mass is 10.1. The van der Waals surface area contributed by atoms with Crippen LogP contribution in [0.3, 0.4) is 0 Å². The minimum Gasteiger partial charge on any atom is -0.326 e. The topological polar surface area (TPSA) is 74.3 Å². The third kappa shape index (κ3) is 4.20. The monoisotopic (exact) mass is 352 g/mol. The number of nitrogens with one attached hydrogen (secondary N) is 2. The van der Waals surface area contributed by atoms with Crippen LogP contribution in [0.1, 0.15) is 38.3 Å². The van der Waals surface area contributed by atoms with Gasteiger partial charge in [-0.15, -0.1) is 0 Å². The Bertz CT molecular complexity index is 776. The summed E-state index contributed by atoms with van der Waals surface area (Å²) in [6, 6.07) is 11.1. The van der Waals surface area contributed by atoms with Crippen molar-refractivity contribution in [1.29, 1.82) is 0 Å². The van der Waals surface area contributed by atoms with Crippen LogP contribution >= 0.6 is 0 Å². The van der Waals surface area contributed by atoms with Crippen LogP contribution in [-0.4, -0.2) is 28.4 Å². The third-order valence-electron chi connectivity index (χ3n) is 4.51. The summed E-state index contributed by atoms with van der Waals surface area (Å²) in [6.45, 7) is 4.41. The molecule has 6 nitrogen and oxygen atoms in total. The van der Waals surface area contributed by atoms with Crippen molar-refractivity contribution in [2.45, 2.75) is 32.7 Å². The van der Waals surface area contributed by atoms with Gasteiger partial charge in [0, 0.05) is 36.2 Å². The molecule has 6 heteroatoms. The fraction of sp³-hybridized carbons (Fsp3) is 0.350. The molecule has 0 aliphatic carbocycles. The molecule has 0 saturated carbocycles. The van der Waals surface area contributed by atoms with Gasteiger partial charge in [-0.05, 0) is 48.7 Å². The van der Waals surface area contributed by atoms with E-state index < -0.39 is 0 Å². The molecule has 1 saturated heterocycles. The molecule has 2 N–H and O–H groups in total. The van der Waals surface area contributed by atoms with Crippen molar-refractivity contribution in [3.05, 3.63) is 54.4 Å². The number of amides is 3. The molecule has 0 spiro atoms. The second-order valence-corrected chi connectivity index (χ2v) is 6.79. The summed E-state index contributed by atoms with van der Waals surface area (Å²) in [5, 5.41) is 5.79. The van der Waals surface area contributed by atoms with Crippen molar-refractivity contribution in [2.24, 2.45) is 5.92 Å². The Labute approximate surface area is 153 Å². The SMILES string of the molecule is CC(C)C(=O)Nc1cccc(NC(=O)N2CCCC2c2ccncc2)c1. The van der Waals surface area contributed by atoms with Crippen LogP contribution in [0.25, 0.3) is 0 Å². The minimum atomic E-state index is -0.128. The van der Waals surface area contributed by atoms with Crippen LogP contribution in [0.5, 0.6) is 0 Å². The molecule has 26 heavy (non-hydrogen) atoms. The summed E-state index contributed by atoms with van der Waals surface area (Å²) in [6.07, 6.45) is 5.43. The summed E-state index contributed by atoms with van der Waals surface area (Å²) in [5.41, 5.74) is 2.44. The zero-order valence-corrected chi connectivity index (χ0v) is 15.1. The van der Waals surface area contributed by atoms with Gasteiger partial charge in [-0.25, -0.2) is 4.79 Å². The first-order chi connectivity index (χ1) is 12.5. The zero-order chi connectivity index (χ0) is 18.5. The summed E-state index contributed by atoms with van der Waals surface area (Å²) in [5.74, 6) is -0.148. The maximum atomic E-state index is 12.8. The predicted molar refractivity (Wildman–Crippen MR) is 102 cm³/mol. The Morgan fingerprint density at radius 2 is 1.81 bits per heavy atom. The molecule has 0 radical (unpaired) electrons. The highest BCUT2D eigenvalue weighted by Crippen LogP contribution is 2.32. The Morgan fingerprint density at radius 1 is 1.12 bits per heavy atom. The second-order valence-electron chi connectivity index (χ2n) is 6.79. The number of carbonyl (C=O) groups excluding carboxylic acids is 2. The van der Waals surface area contributed by atoms with E-state index in [0.717, 1.165) is 24.9 Å². The maximum absolute atomic E-state index is 12.8. The first-order valence-electron chi connectivity index (χ1n) is 8.93. The summed E-state index contributed by atoms with van der Waals surface area (Å²) >= 11 is 0. The quantitative estimate of drug-likeness (QED) is 0.872. The number of benzene rings is 1. The minimum absolute atomic E-state index is 0.0502. The molecule has 1 aromatic carbocycles. The maximum Gasteiger partial charge on any atom is 0.322 e. The number of aromatic nitrogens is 1. The highest BCUT2D eigenvalue weighted by atomic mass is 16.2. The van der Waals surface area contributed by atoms with Gasteiger partial charge in [0.25, 0.3) is 0 Å². The fourth-order valence-corrected chi connectivity index (χ4v) is 3.10. The Hall–Kier alpha value is -2.89. The molecule has 0 bridgehead atoms. The molecule has 3 rings (SSSR count). The van der Waals surface area contributed by atoms with Crippen LogP contribution in [0.4, 0.5) is 16.2 Å². The fourth-order valence-electron chi connectivity index (χ4n) is 3.10. The molecule has 1 fully saturated rings. The molecule has 2 heterocycles. The van der Waals surface area contributed by atoms with E-state index in [1.54, 1.807) is 18.5 Å². The van der Waals surface area contributed by atoms with Crippen molar-refractivity contribution in [2.75, 3.05) is 17.2 Å². The Morgan fingerprint density at radius 3 is 2.50 bits per heavy atom. The van der Waals surface area contributed by atoms with Crippen molar-refractivity contribution in [3.63, 3.8) is 0 Å². The van der Waals surface area contributed by atoms with E-state index in [2.05, 4.69) is 15.6 Å². The van der Waals surface area contributed by atoms with E-state index >= 15 is 0 Å². The molecule has 3 amide bonds. The highest BCUT2D eigenvalue weighted by Gasteiger charge is 2.29. The molecule has 1 atom stereocenters. The number of rotatable bonds is 4. The van der Waals surface area contributed by atoms with Crippen molar-refractivity contribution >= 4 is 23.3 Å². The zero-order valence-electron chi connectivity index (χ0n) is 15.1. The molecule has 1 aromatic heterocycles. The van der Waals surface area contributed by atoms with Gasteiger partial charge in [0.2, 0.25) is 5.91 Å². The predicted octanol–water partition coefficient (Wildman–Crippen LogP) is 4.05. The van der Waals surface area contributed by atoms with Crippen molar-refractivity contribution < 1.29 is 9.59 Å². The average Bonchev–Trinajstić information content (AvgIpc) is 3.12. The summed E-state index contributed by atoms with van der Waals surface area (Å²) < 4.78 is 0. The largest absolute Gasteiger partial charge is 0.326 e. The number of pyridine rings is 1. The number of carbonyl (C=O) groups is 2. The molecule has 136 valence electrons. The number of nitrogens with zero attached hydrogens (tertiary/aromatic N) is 2. The molecular formula is C20H24N4O2. The number of anilines is 2. The van der Waals surface area contributed by atoms with E-state index in [1.165, 1.54) is 0 Å². The van der Waals surface area contributed by atoms with Gasteiger partial charge in [0.05, 0.1) is 6.04 Å². The van der Waals surface area contributed by atoms with E-state index in [1.807, 2.05) is 49.1 Å². The lowest BCUT2D eigenvalue weighted by Gasteiger charge is -2.25. The number of hydrogen-bond donors (Lipinski definition) is 2. The van der Waals surface area contributed by atoms with Crippen molar-refractivity contribution in [3.8, 4) is 0 Å². The van der Waals surface area contributed by atoms with Crippen LogP contribution in [0.15, 0.2) is 48.8 Å². The van der Waals surface area contributed by atoms with Crippen LogP contribution in [0.2, 0.25) is 0 Å². The van der Waals surface area contributed by atoms with Crippen LogP contribution in [0, 0.1) is 5.92 Å². The molecule has 1 aliphatic rings. The third-order valence-corrected chi connectivity index (χ3v) is 4.51. The Kier molecular flexibility index (Phi) is 5.51. The van der Waals surface area contributed by atoms with Gasteiger partial charge in [0.15, 0.2) is 0 Å². The average molecular weight is 352 g/mol. The van der Waals surface area contributed by atoms with Crippen LogP contribution < -0.4 is 10.6 Å². The van der Waals surface area contributed by atoms with Gasteiger partial charge in [-0.3, -0.25) is 9.78 Å². The van der Waals surface area contributed by atoms with Gasteiger partial charge in [-0.2, -0.15) is 0 Å². The lowest BCUT2D eigenvalue weighted by molar-refractivity contribution is -0.118. The number of hydrogen-bond acceptors (Lipinski definition) is 3. The van der Waals surface area contributed by atoms with E-state index in [4.69, 9.17) is 0 Å². The van der Waals surface area contributed by atoms with Crippen molar-refractivity contribution in [1.82, 2.24) is 9.88 Å². The second kappa shape index (κ2) is 7.99. The molecule has 2 aromatic rings. The molecular weight excluding hydrogens is 328 g/mol. The van der Waals surface area contributed by atoms with Gasteiger partial charge in [0.1, 0.15) is 0 Å². The normalized spacial score (nSPS) is 16.6. The van der Waals surface area contributed by atoms with Gasteiger partial charge >= 0.3 is 6.03 Å². The highest BCUT2D eigenvalue weighted by molar-refractivity contribution is 5.94. The van der Waals surface area contributed by atoms with E-state index in [0.29, 0.717) is 11.4 Å². The standard InChI is InChI=1S/C20H24N4O2/c1-14(2)19(25)22-16-5-3-6-17(13-16)23-20(26)24-12-4-7-18(24)15-8-10-21-11-9-15/h3,5-6,8-11,13-14,18H,4,7,12H2,1-2H3,(H,22,25)(H,23,26). The molecule has 1 aliphatic heterocycles. The summed E-state index contributed by atoms with van der Waals surface area (Å²) in [4.78, 5) is 30.5. The van der Waals surface area contributed by atoms with E-state index in [-0.39, 0.29) is 23.9 Å². The smallest absolute Gasteiger partial charge is 0.322 e. The van der Waals surface area contributed by atoms with E-state index in [9.17, 15) is 9.59 Å². The van der Waals surface area contributed by atoms with Gasteiger partial charge < -0.3 is 15.5 Å². The first kappa shape index (κ1) is 17.9. The molecule has 1 unspecified atom stereocenters. The summed E-state index contributed by atoms with van der Waals surface area (Å²) in [7, 11) is 0. The Balaban J connectivity index is 1.69. The lowest BCUT2D eigenvalue weighted by Crippen LogP contribution is -2.34. The van der Waals surface area contributed by atoms with Gasteiger partial charge in [-0.1, -0.05) is 19.9 Å². The van der Waals surface area contributed by atoms with Crippen LogP contribution in [-0.2, 0) is 4.79 Å². The number of likely N-dealkylation sites (tertiary alicyclic amines) is 1.